The van der Waals surface area contributed by atoms with E-state index in [1.165, 1.54) is 56.1 Å². The van der Waals surface area contributed by atoms with Crippen molar-refractivity contribution in [1.29, 1.82) is 5.41 Å². The Balaban J connectivity index is 1.84. The summed E-state index contributed by atoms with van der Waals surface area (Å²) in [6, 6.07) is 17.4. The third-order valence-corrected chi connectivity index (χ3v) is 7.29. The highest BCUT2D eigenvalue weighted by atomic mass is 15.2. The molecule has 0 saturated heterocycles. The summed E-state index contributed by atoms with van der Waals surface area (Å²) in [6.45, 7) is 12.2. The standard InChI is InChI=1S/C31H45N3/c1-7-9-10-11-23-34(6)29(25-14-16-26(17-15-25)30(3,4)5)33-28(32)24-12-18-27(19-13-24)31(20-8-2)21-22-31/h12-19,32H,7-11,20-23H2,1-6H3. The molecule has 34 heavy (non-hydrogen) atoms. The molecule has 0 bridgehead atoms. The summed E-state index contributed by atoms with van der Waals surface area (Å²) >= 11 is 0. The summed E-state index contributed by atoms with van der Waals surface area (Å²) in [7, 11) is 2.11. The van der Waals surface area contributed by atoms with E-state index in [1.54, 1.807) is 0 Å². The van der Waals surface area contributed by atoms with Gasteiger partial charge in [-0.05, 0) is 47.6 Å². The van der Waals surface area contributed by atoms with Gasteiger partial charge >= 0.3 is 0 Å². The molecule has 0 amide bonds. The zero-order chi connectivity index (χ0) is 24.8. The van der Waals surface area contributed by atoms with E-state index in [-0.39, 0.29) is 5.41 Å². The molecule has 184 valence electrons. The zero-order valence-electron chi connectivity index (χ0n) is 22.4. The fourth-order valence-corrected chi connectivity index (χ4v) is 4.84. The minimum Gasteiger partial charge on any atom is -0.359 e. The minimum absolute atomic E-state index is 0.118. The Morgan fingerprint density at radius 3 is 2.03 bits per heavy atom. The largest absolute Gasteiger partial charge is 0.359 e. The maximum Gasteiger partial charge on any atom is 0.154 e. The molecule has 1 aliphatic rings. The van der Waals surface area contributed by atoms with Crippen LogP contribution in [0.3, 0.4) is 0 Å². The molecule has 2 aromatic rings. The van der Waals surface area contributed by atoms with Gasteiger partial charge < -0.3 is 4.90 Å². The van der Waals surface area contributed by atoms with Crippen LogP contribution in [0.1, 0.15) is 108 Å². The van der Waals surface area contributed by atoms with Crippen LogP contribution in [0, 0.1) is 5.41 Å². The molecule has 0 aliphatic heterocycles. The first-order valence-electron chi connectivity index (χ1n) is 13.3. The second-order valence-corrected chi connectivity index (χ2v) is 11.2. The maximum absolute atomic E-state index is 8.80. The molecule has 1 N–H and O–H groups in total. The summed E-state index contributed by atoms with van der Waals surface area (Å²) in [4.78, 5) is 7.10. The van der Waals surface area contributed by atoms with Crippen molar-refractivity contribution >= 4 is 11.7 Å². The quantitative estimate of drug-likeness (QED) is 0.217. The van der Waals surface area contributed by atoms with E-state index in [4.69, 9.17) is 10.4 Å². The second-order valence-electron chi connectivity index (χ2n) is 11.2. The highest BCUT2D eigenvalue weighted by Gasteiger charge is 2.42. The van der Waals surface area contributed by atoms with Gasteiger partial charge in [0.05, 0.1) is 0 Å². The minimum atomic E-state index is 0.118. The molecule has 0 radical (unpaired) electrons. The average molecular weight is 460 g/mol. The highest BCUT2D eigenvalue weighted by Crippen LogP contribution is 2.51. The third kappa shape index (κ3) is 6.58. The number of amidine groups is 2. The second kappa shape index (κ2) is 11.3. The lowest BCUT2D eigenvalue weighted by molar-refractivity contribution is 0.472. The number of rotatable bonds is 10. The smallest absolute Gasteiger partial charge is 0.154 e. The van der Waals surface area contributed by atoms with Crippen molar-refractivity contribution in [3.63, 3.8) is 0 Å². The van der Waals surface area contributed by atoms with Crippen LogP contribution in [-0.4, -0.2) is 30.2 Å². The molecular formula is C31H45N3. The molecule has 0 atom stereocenters. The number of aliphatic imine (C=N–C) groups is 1. The van der Waals surface area contributed by atoms with E-state index in [0.29, 0.717) is 11.3 Å². The topological polar surface area (TPSA) is 39.5 Å². The Hall–Kier alpha value is -2.42. The van der Waals surface area contributed by atoms with Crippen molar-refractivity contribution < 1.29 is 0 Å². The van der Waals surface area contributed by atoms with Crippen LogP contribution in [0.2, 0.25) is 0 Å². The van der Waals surface area contributed by atoms with Crippen LogP contribution in [-0.2, 0) is 10.8 Å². The van der Waals surface area contributed by atoms with Crippen molar-refractivity contribution in [2.24, 2.45) is 4.99 Å². The predicted molar refractivity (Wildman–Crippen MR) is 148 cm³/mol. The summed E-state index contributed by atoms with van der Waals surface area (Å²) in [5.74, 6) is 1.22. The van der Waals surface area contributed by atoms with E-state index in [0.717, 1.165) is 29.9 Å². The molecule has 0 unspecified atom stereocenters. The first-order chi connectivity index (χ1) is 16.2. The first kappa shape index (κ1) is 26.2. The SMILES string of the molecule is CCCCCCN(C)C(=NC(=N)c1ccc(C2(CCC)CC2)cc1)c1ccc(C(C)(C)C)cc1. The number of hydrogen-bond acceptors (Lipinski definition) is 1. The Morgan fingerprint density at radius 2 is 1.50 bits per heavy atom. The number of benzene rings is 2. The lowest BCUT2D eigenvalue weighted by Crippen LogP contribution is -2.30. The Bertz CT molecular complexity index is 957. The summed E-state index contributed by atoms with van der Waals surface area (Å²) in [6.07, 6.45) is 9.96. The fourth-order valence-electron chi connectivity index (χ4n) is 4.84. The number of unbranched alkanes of at least 4 members (excludes halogenated alkanes) is 3. The number of nitrogens with one attached hydrogen (secondary N) is 1. The van der Waals surface area contributed by atoms with Crippen LogP contribution in [0.15, 0.2) is 53.5 Å². The maximum atomic E-state index is 8.80. The van der Waals surface area contributed by atoms with Crippen molar-refractivity contribution in [2.45, 2.75) is 96.8 Å². The van der Waals surface area contributed by atoms with Crippen LogP contribution in [0.25, 0.3) is 0 Å². The predicted octanol–water partition coefficient (Wildman–Crippen LogP) is 8.10. The van der Waals surface area contributed by atoms with Crippen LogP contribution in [0.5, 0.6) is 0 Å². The van der Waals surface area contributed by atoms with Crippen molar-refractivity contribution in [3.8, 4) is 0 Å². The number of hydrogen-bond donors (Lipinski definition) is 1. The van der Waals surface area contributed by atoms with Gasteiger partial charge in [0.25, 0.3) is 0 Å². The molecule has 2 aromatic carbocycles. The first-order valence-corrected chi connectivity index (χ1v) is 13.3. The molecule has 1 aliphatic carbocycles. The van der Waals surface area contributed by atoms with Crippen LogP contribution >= 0.6 is 0 Å². The molecule has 0 heterocycles. The molecule has 1 fully saturated rings. The molecule has 0 aromatic heterocycles. The van der Waals surface area contributed by atoms with Gasteiger partial charge in [0.15, 0.2) is 5.84 Å². The van der Waals surface area contributed by atoms with E-state index < -0.39 is 0 Å². The molecule has 3 heteroatoms. The fraction of sp³-hybridized carbons (Fsp3) is 0.548. The van der Waals surface area contributed by atoms with Gasteiger partial charge in [-0.15, -0.1) is 0 Å². The third-order valence-electron chi connectivity index (χ3n) is 7.29. The lowest BCUT2D eigenvalue weighted by atomic mass is 9.86. The molecule has 0 spiro atoms. The highest BCUT2D eigenvalue weighted by molar-refractivity contribution is 6.10. The molecule has 3 rings (SSSR count). The molecule has 3 nitrogen and oxygen atoms in total. The zero-order valence-corrected chi connectivity index (χ0v) is 22.4. The normalized spacial score (nSPS) is 15.3. The van der Waals surface area contributed by atoms with E-state index >= 15 is 0 Å². The van der Waals surface area contributed by atoms with Gasteiger partial charge in [0.2, 0.25) is 0 Å². The Labute approximate surface area is 208 Å². The van der Waals surface area contributed by atoms with Gasteiger partial charge in [-0.1, -0.05) is 109 Å². The molecule has 1 saturated carbocycles. The molecular weight excluding hydrogens is 414 g/mol. The Kier molecular flexibility index (Phi) is 8.73. The average Bonchev–Trinajstić information content (AvgIpc) is 3.60. The summed E-state index contributed by atoms with van der Waals surface area (Å²) < 4.78 is 0. The summed E-state index contributed by atoms with van der Waals surface area (Å²) in [5.41, 5.74) is 5.23. The van der Waals surface area contributed by atoms with Gasteiger partial charge in [-0.25, -0.2) is 4.99 Å². The van der Waals surface area contributed by atoms with E-state index in [2.05, 4.69) is 95.1 Å². The van der Waals surface area contributed by atoms with Gasteiger partial charge in [0, 0.05) is 24.7 Å². The van der Waals surface area contributed by atoms with E-state index in [9.17, 15) is 0 Å². The van der Waals surface area contributed by atoms with Gasteiger partial charge in [-0.2, -0.15) is 0 Å². The van der Waals surface area contributed by atoms with Crippen molar-refractivity contribution in [1.82, 2.24) is 4.90 Å². The lowest BCUT2D eigenvalue weighted by Gasteiger charge is -2.23. The Morgan fingerprint density at radius 1 is 0.882 bits per heavy atom. The van der Waals surface area contributed by atoms with Crippen LogP contribution in [0.4, 0.5) is 0 Å². The van der Waals surface area contributed by atoms with Gasteiger partial charge in [-0.3, -0.25) is 5.41 Å². The van der Waals surface area contributed by atoms with Crippen LogP contribution < -0.4 is 0 Å². The summed E-state index contributed by atoms with van der Waals surface area (Å²) in [5, 5.41) is 8.80. The van der Waals surface area contributed by atoms with E-state index in [1.807, 2.05) is 0 Å². The van der Waals surface area contributed by atoms with Crippen molar-refractivity contribution in [3.05, 3.63) is 70.8 Å². The van der Waals surface area contributed by atoms with Gasteiger partial charge in [0.1, 0.15) is 5.84 Å². The number of nitrogens with zero attached hydrogens (tertiary/aromatic N) is 2. The monoisotopic (exact) mass is 459 g/mol. The van der Waals surface area contributed by atoms with Crippen molar-refractivity contribution in [2.75, 3.05) is 13.6 Å².